The zero-order valence-electron chi connectivity index (χ0n) is 9.68. The Kier molecular flexibility index (Phi) is 3.76. The van der Waals surface area contributed by atoms with E-state index in [0.717, 1.165) is 19.3 Å². The number of esters is 1. The topological polar surface area (TPSA) is 85.6 Å². The maximum Gasteiger partial charge on any atom is 0.309 e. The second-order valence-corrected chi connectivity index (χ2v) is 4.09. The van der Waals surface area contributed by atoms with Gasteiger partial charge in [0.2, 0.25) is 0 Å². The van der Waals surface area contributed by atoms with E-state index in [1.54, 1.807) is 0 Å². The number of ether oxygens (including phenoxy) is 1. The number of rotatable bonds is 4. The number of carbonyl (C=O) groups excluding carboxylic acids is 3. The molecule has 6 nitrogen and oxygen atoms in total. The molecule has 1 fully saturated rings. The third-order valence-electron chi connectivity index (χ3n) is 2.78. The molecule has 18 heavy (non-hydrogen) atoms. The minimum Gasteiger partial charge on any atom is -0.459 e. The average molecular weight is 251 g/mol. The Balaban J connectivity index is 1.71. The van der Waals surface area contributed by atoms with Gasteiger partial charge in [-0.15, -0.1) is 0 Å². The zero-order chi connectivity index (χ0) is 13.0. The highest BCUT2D eigenvalue weighted by molar-refractivity contribution is 6.03. The number of hydrogen-bond acceptors (Lipinski definition) is 5. The third kappa shape index (κ3) is 2.97. The largest absolute Gasteiger partial charge is 0.459 e. The van der Waals surface area contributed by atoms with E-state index in [0.29, 0.717) is 0 Å². The fraction of sp³-hybridized carbons (Fsp3) is 0.417. The molecule has 0 aliphatic heterocycles. The molecule has 1 aliphatic rings. The van der Waals surface area contributed by atoms with Crippen molar-refractivity contribution in [3.8, 4) is 0 Å². The Hall–Kier alpha value is -2.11. The van der Waals surface area contributed by atoms with Gasteiger partial charge in [-0.3, -0.25) is 19.7 Å². The number of amides is 2. The molecule has 2 rings (SSSR count). The van der Waals surface area contributed by atoms with E-state index in [9.17, 15) is 14.4 Å². The molecule has 1 aromatic heterocycles. The van der Waals surface area contributed by atoms with Crippen LogP contribution in [-0.2, 0) is 14.3 Å². The van der Waals surface area contributed by atoms with Crippen LogP contribution in [0.4, 0.5) is 0 Å². The van der Waals surface area contributed by atoms with Crippen molar-refractivity contribution in [2.24, 2.45) is 5.92 Å². The number of imide groups is 1. The van der Waals surface area contributed by atoms with Gasteiger partial charge >= 0.3 is 5.97 Å². The van der Waals surface area contributed by atoms with E-state index in [2.05, 4.69) is 5.32 Å². The Bertz CT molecular complexity index is 447. The number of carbonyl (C=O) groups is 3. The van der Waals surface area contributed by atoms with Crippen molar-refractivity contribution in [2.45, 2.75) is 19.3 Å². The van der Waals surface area contributed by atoms with Crippen LogP contribution in [-0.4, -0.2) is 24.4 Å². The van der Waals surface area contributed by atoms with E-state index in [1.807, 2.05) is 0 Å². The molecule has 0 atom stereocenters. The summed E-state index contributed by atoms with van der Waals surface area (Å²) < 4.78 is 9.61. The lowest BCUT2D eigenvalue weighted by molar-refractivity contribution is -0.154. The molecule has 2 amide bonds. The summed E-state index contributed by atoms with van der Waals surface area (Å²) in [5, 5.41) is 2.06. The summed E-state index contributed by atoms with van der Waals surface area (Å²) in [6.07, 6.45) is 3.97. The van der Waals surface area contributed by atoms with Crippen LogP contribution in [0.3, 0.4) is 0 Å². The number of furan rings is 1. The van der Waals surface area contributed by atoms with Gasteiger partial charge < -0.3 is 9.15 Å². The molecular weight excluding hydrogens is 238 g/mol. The van der Waals surface area contributed by atoms with Crippen LogP contribution in [0.5, 0.6) is 0 Å². The molecule has 0 unspecified atom stereocenters. The van der Waals surface area contributed by atoms with E-state index in [1.165, 1.54) is 18.4 Å². The highest BCUT2D eigenvalue weighted by Gasteiger charge is 2.27. The molecule has 6 heteroatoms. The van der Waals surface area contributed by atoms with Crippen LogP contribution in [0, 0.1) is 5.92 Å². The molecule has 1 heterocycles. The highest BCUT2D eigenvalue weighted by atomic mass is 16.5. The van der Waals surface area contributed by atoms with Gasteiger partial charge in [-0.1, -0.05) is 6.42 Å². The summed E-state index contributed by atoms with van der Waals surface area (Å²) in [6.45, 7) is -0.443. The van der Waals surface area contributed by atoms with Crippen LogP contribution < -0.4 is 5.32 Å². The predicted octanol–water partition coefficient (Wildman–Crippen LogP) is 0.879. The lowest BCUT2D eigenvalue weighted by Gasteiger charge is -2.22. The fourth-order valence-corrected chi connectivity index (χ4v) is 1.53. The normalized spacial score (nSPS) is 14.7. The molecule has 1 saturated carbocycles. The monoisotopic (exact) mass is 251 g/mol. The first kappa shape index (κ1) is 12.3. The van der Waals surface area contributed by atoms with Crippen LogP contribution in [0.25, 0.3) is 0 Å². The van der Waals surface area contributed by atoms with E-state index in [-0.39, 0.29) is 17.6 Å². The van der Waals surface area contributed by atoms with E-state index >= 15 is 0 Å². The smallest absolute Gasteiger partial charge is 0.309 e. The summed E-state index contributed by atoms with van der Waals surface area (Å²) in [4.78, 5) is 34.1. The maximum atomic E-state index is 11.4. The lowest BCUT2D eigenvalue weighted by atomic mass is 9.86. The van der Waals surface area contributed by atoms with Crippen molar-refractivity contribution in [3.05, 3.63) is 24.2 Å². The standard InChI is InChI=1S/C12H13NO5/c14-10(7-18-12(16)8-3-1-4-8)13-11(15)9-5-2-6-17-9/h2,5-6,8H,1,3-4,7H2,(H,13,14,15). The van der Waals surface area contributed by atoms with Gasteiger partial charge in [0.15, 0.2) is 12.4 Å². The zero-order valence-corrected chi connectivity index (χ0v) is 9.68. The molecule has 0 bridgehead atoms. The van der Waals surface area contributed by atoms with Gasteiger partial charge in [0.05, 0.1) is 12.2 Å². The van der Waals surface area contributed by atoms with Gasteiger partial charge in [0.1, 0.15) is 0 Å². The second-order valence-electron chi connectivity index (χ2n) is 4.09. The number of hydrogen-bond donors (Lipinski definition) is 1. The van der Waals surface area contributed by atoms with Crippen molar-refractivity contribution in [1.82, 2.24) is 5.32 Å². The molecule has 1 aliphatic carbocycles. The minimum absolute atomic E-state index is 0.0358. The fourth-order valence-electron chi connectivity index (χ4n) is 1.53. The SMILES string of the molecule is O=C(COC(=O)C1CCC1)NC(=O)c1ccco1. The van der Waals surface area contributed by atoms with Crippen molar-refractivity contribution in [3.63, 3.8) is 0 Å². The minimum atomic E-state index is -0.663. The summed E-state index contributed by atoms with van der Waals surface area (Å²) >= 11 is 0. The van der Waals surface area contributed by atoms with E-state index < -0.39 is 18.4 Å². The van der Waals surface area contributed by atoms with Crippen LogP contribution >= 0.6 is 0 Å². The summed E-state index contributed by atoms with van der Waals surface area (Å²) in [5.41, 5.74) is 0. The van der Waals surface area contributed by atoms with Crippen molar-refractivity contribution in [2.75, 3.05) is 6.61 Å². The molecule has 96 valence electrons. The third-order valence-corrected chi connectivity index (χ3v) is 2.78. The summed E-state index contributed by atoms with van der Waals surface area (Å²) in [6, 6.07) is 2.97. The first-order valence-electron chi connectivity index (χ1n) is 5.71. The quantitative estimate of drug-likeness (QED) is 0.803. The van der Waals surface area contributed by atoms with Gasteiger partial charge in [-0.25, -0.2) is 0 Å². The Morgan fingerprint density at radius 3 is 2.72 bits per heavy atom. The van der Waals surface area contributed by atoms with Gasteiger partial charge in [0.25, 0.3) is 11.8 Å². The van der Waals surface area contributed by atoms with Crippen LogP contribution in [0.2, 0.25) is 0 Å². The number of nitrogens with one attached hydrogen (secondary N) is 1. The van der Waals surface area contributed by atoms with Gasteiger partial charge in [0, 0.05) is 0 Å². The Labute approximate surface area is 103 Å². The second kappa shape index (κ2) is 5.48. The van der Waals surface area contributed by atoms with Crippen LogP contribution in [0.1, 0.15) is 29.8 Å². The van der Waals surface area contributed by atoms with E-state index in [4.69, 9.17) is 9.15 Å². The first-order chi connectivity index (χ1) is 8.66. The lowest BCUT2D eigenvalue weighted by Crippen LogP contribution is -2.35. The van der Waals surface area contributed by atoms with Crippen LogP contribution in [0.15, 0.2) is 22.8 Å². The Morgan fingerprint density at radius 1 is 1.39 bits per heavy atom. The van der Waals surface area contributed by atoms with Crippen molar-refractivity contribution >= 4 is 17.8 Å². The molecule has 0 spiro atoms. The molecule has 0 radical (unpaired) electrons. The molecular formula is C12H13NO5. The van der Waals surface area contributed by atoms with Crippen molar-refractivity contribution < 1.29 is 23.5 Å². The molecule has 0 saturated heterocycles. The molecule has 0 aromatic carbocycles. The Morgan fingerprint density at radius 2 is 2.17 bits per heavy atom. The molecule has 1 aromatic rings. The average Bonchev–Trinajstić information content (AvgIpc) is 2.77. The van der Waals surface area contributed by atoms with Crippen molar-refractivity contribution in [1.29, 1.82) is 0 Å². The predicted molar refractivity (Wildman–Crippen MR) is 59.5 cm³/mol. The molecule has 1 N–H and O–H groups in total. The maximum absolute atomic E-state index is 11.4. The first-order valence-corrected chi connectivity index (χ1v) is 5.71. The summed E-state index contributed by atoms with van der Waals surface area (Å²) in [7, 11) is 0. The van der Waals surface area contributed by atoms with Gasteiger partial charge in [-0.2, -0.15) is 0 Å². The van der Waals surface area contributed by atoms with Gasteiger partial charge in [-0.05, 0) is 25.0 Å². The highest BCUT2D eigenvalue weighted by Crippen LogP contribution is 2.27. The summed E-state index contributed by atoms with van der Waals surface area (Å²) in [5.74, 6) is -1.73.